The van der Waals surface area contributed by atoms with Gasteiger partial charge in [-0.1, -0.05) is 30.0 Å². The smallest absolute Gasteiger partial charge is 0.0936 e. The first-order valence-electron chi connectivity index (χ1n) is 7.39. The van der Waals surface area contributed by atoms with Gasteiger partial charge in [0.2, 0.25) is 0 Å². The Kier molecular flexibility index (Phi) is 6.21. The van der Waals surface area contributed by atoms with E-state index >= 15 is 0 Å². The fourth-order valence-electron chi connectivity index (χ4n) is 2.61. The largest absolute Gasteiger partial charge is 0.395 e. The van der Waals surface area contributed by atoms with Crippen molar-refractivity contribution in [2.45, 2.75) is 32.1 Å². The highest BCUT2D eigenvalue weighted by atomic mass is 16.5. The lowest BCUT2D eigenvalue weighted by molar-refractivity contribution is -0.0972. The molecule has 1 aromatic rings. The van der Waals surface area contributed by atoms with Gasteiger partial charge in [-0.3, -0.25) is 4.90 Å². The molecule has 0 saturated carbocycles. The number of aliphatic hydroxyl groups excluding tert-OH is 2. The fourth-order valence-corrected chi connectivity index (χ4v) is 2.61. The van der Waals surface area contributed by atoms with E-state index in [1.807, 2.05) is 25.1 Å². The van der Waals surface area contributed by atoms with E-state index in [-0.39, 0.29) is 25.4 Å². The van der Waals surface area contributed by atoms with Crippen LogP contribution in [0, 0.1) is 11.8 Å². The predicted molar refractivity (Wildman–Crippen MR) is 81.7 cm³/mol. The van der Waals surface area contributed by atoms with Crippen molar-refractivity contribution in [1.29, 1.82) is 0 Å². The van der Waals surface area contributed by atoms with Crippen LogP contribution in [0.3, 0.4) is 0 Å². The highest BCUT2D eigenvalue weighted by Crippen LogP contribution is 2.16. The number of hydrogen-bond donors (Lipinski definition) is 2. The molecule has 1 fully saturated rings. The second-order valence-electron chi connectivity index (χ2n) is 5.38. The Hall–Kier alpha value is -1.38. The lowest BCUT2D eigenvalue weighted by Gasteiger charge is -2.36. The Morgan fingerprint density at radius 1 is 1.29 bits per heavy atom. The first-order valence-corrected chi connectivity index (χ1v) is 7.39. The minimum Gasteiger partial charge on any atom is -0.395 e. The van der Waals surface area contributed by atoms with Crippen LogP contribution in [0.15, 0.2) is 24.3 Å². The molecule has 1 aliphatic heterocycles. The molecule has 1 heterocycles. The van der Waals surface area contributed by atoms with E-state index in [0.29, 0.717) is 6.42 Å². The molecule has 0 radical (unpaired) electrons. The van der Waals surface area contributed by atoms with Gasteiger partial charge >= 0.3 is 0 Å². The molecule has 2 N–H and O–H groups in total. The Bertz CT molecular complexity index is 506. The van der Waals surface area contributed by atoms with E-state index < -0.39 is 0 Å². The van der Waals surface area contributed by atoms with Gasteiger partial charge in [0.1, 0.15) is 0 Å². The van der Waals surface area contributed by atoms with Gasteiger partial charge in [-0.05, 0) is 18.6 Å². The zero-order valence-electron chi connectivity index (χ0n) is 12.5. The van der Waals surface area contributed by atoms with Crippen LogP contribution in [0.5, 0.6) is 0 Å². The van der Waals surface area contributed by atoms with Gasteiger partial charge in [0, 0.05) is 31.6 Å². The average molecular weight is 289 g/mol. The summed E-state index contributed by atoms with van der Waals surface area (Å²) in [5.41, 5.74) is 2.18. The number of benzene rings is 1. The maximum atomic E-state index is 9.29. The Labute approximate surface area is 126 Å². The van der Waals surface area contributed by atoms with Crippen LogP contribution in [-0.2, 0) is 11.3 Å². The van der Waals surface area contributed by atoms with Crippen molar-refractivity contribution >= 4 is 0 Å². The summed E-state index contributed by atoms with van der Waals surface area (Å²) in [4.78, 5) is 2.29. The molecule has 114 valence electrons. The van der Waals surface area contributed by atoms with E-state index in [0.717, 1.165) is 25.2 Å². The van der Waals surface area contributed by atoms with Crippen LogP contribution in [0.25, 0.3) is 0 Å². The maximum absolute atomic E-state index is 9.29. The highest BCUT2D eigenvalue weighted by molar-refractivity contribution is 5.41. The third-order valence-electron chi connectivity index (χ3n) is 3.48. The Balaban J connectivity index is 2.07. The standard InChI is InChI=1S/C17H23NO3/c1-14-10-18(12-17(13-20)21-14)11-16-8-3-2-6-15(16)7-4-5-9-19/h2-3,6,8,14,17,19-20H,5,9-13H2,1H3. The van der Waals surface area contributed by atoms with Crippen molar-refractivity contribution in [2.24, 2.45) is 0 Å². The zero-order valence-corrected chi connectivity index (χ0v) is 12.5. The molecule has 4 heteroatoms. The Morgan fingerprint density at radius 3 is 2.86 bits per heavy atom. The molecule has 1 saturated heterocycles. The number of aliphatic hydroxyl groups is 2. The highest BCUT2D eigenvalue weighted by Gasteiger charge is 2.24. The van der Waals surface area contributed by atoms with Crippen molar-refractivity contribution in [3.8, 4) is 11.8 Å². The third-order valence-corrected chi connectivity index (χ3v) is 3.48. The zero-order chi connectivity index (χ0) is 15.1. The topological polar surface area (TPSA) is 52.9 Å². The van der Waals surface area contributed by atoms with E-state index in [1.165, 1.54) is 5.56 Å². The molecule has 2 unspecified atom stereocenters. The quantitative estimate of drug-likeness (QED) is 0.812. The average Bonchev–Trinajstić information content (AvgIpc) is 2.48. The van der Waals surface area contributed by atoms with Crippen LogP contribution in [-0.4, -0.2) is 53.6 Å². The molecule has 1 aromatic carbocycles. The van der Waals surface area contributed by atoms with Crippen LogP contribution >= 0.6 is 0 Å². The van der Waals surface area contributed by atoms with E-state index in [1.54, 1.807) is 0 Å². The summed E-state index contributed by atoms with van der Waals surface area (Å²) in [5, 5.41) is 18.1. The van der Waals surface area contributed by atoms with Crippen molar-refractivity contribution in [1.82, 2.24) is 4.90 Å². The first kappa shape index (κ1) is 16.0. The third kappa shape index (κ3) is 4.83. The van der Waals surface area contributed by atoms with Gasteiger partial charge in [0.15, 0.2) is 0 Å². The van der Waals surface area contributed by atoms with Crippen molar-refractivity contribution in [3.05, 3.63) is 35.4 Å². The second kappa shape index (κ2) is 8.16. The molecule has 0 bridgehead atoms. The minimum atomic E-state index is -0.110. The van der Waals surface area contributed by atoms with Gasteiger partial charge in [0.05, 0.1) is 25.4 Å². The lowest BCUT2D eigenvalue weighted by atomic mass is 10.1. The second-order valence-corrected chi connectivity index (χ2v) is 5.38. The van der Waals surface area contributed by atoms with E-state index in [2.05, 4.69) is 22.8 Å². The SMILES string of the molecule is CC1CN(Cc2ccccc2C#CCCO)CC(CO)O1. The van der Waals surface area contributed by atoms with Gasteiger partial charge in [0.25, 0.3) is 0 Å². The monoisotopic (exact) mass is 289 g/mol. The van der Waals surface area contributed by atoms with Gasteiger partial charge in [-0.2, -0.15) is 0 Å². The van der Waals surface area contributed by atoms with Gasteiger partial charge in [-0.15, -0.1) is 0 Å². The molecular weight excluding hydrogens is 266 g/mol. The molecule has 4 nitrogen and oxygen atoms in total. The number of hydrogen-bond acceptors (Lipinski definition) is 4. The van der Waals surface area contributed by atoms with E-state index in [9.17, 15) is 5.11 Å². The molecule has 21 heavy (non-hydrogen) atoms. The normalized spacial score (nSPS) is 22.6. The predicted octanol–water partition coefficient (Wildman–Crippen LogP) is 1.00. The number of nitrogens with zero attached hydrogens (tertiary/aromatic N) is 1. The Morgan fingerprint density at radius 2 is 2.10 bits per heavy atom. The summed E-state index contributed by atoms with van der Waals surface area (Å²) >= 11 is 0. The van der Waals surface area contributed by atoms with E-state index in [4.69, 9.17) is 9.84 Å². The van der Waals surface area contributed by atoms with Gasteiger partial charge < -0.3 is 14.9 Å². The summed E-state index contributed by atoms with van der Waals surface area (Å²) in [6.45, 7) is 4.57. The summed E-state index contributed by atoms with van der Waals surface area (Å²) in [6.07, 6.45) is 0.514. The molecule has 0 aromatic heterocycles. The van der Waals surface area contributed by atoms with Crippen molar-refractivity contribution in [3.63, 3.8) is 0 Å². The molecule has 1 aliphatic rings. The summed E-state index contributed by atoms with van der Waals surface area (Å²) in [7, 11) is 0. The maximum Gasteiger partial charge on any atom is 0.0936 e. The molecule has 0 amide bonds. The molecular formula is C17H23NO3. The molecule has 2 atom stereocenters. The minimum absolute atomic E-state index is 0.0544. The van der Waals surface area contributed by atoms with Crippen molar-refractivity contribution in [2.75, 3.05) is 26.3 Å². The summed E-state index contributed by atoms with van der Waals surface area (Å²) in [6, 6.07) is 8.08. The first-order chi connectivity index (χ1) is 10.2. The fraction of sp³-hybridized carbons (Fsp3) is 0.529. The molecule has 0 aliphatic carbocycles. The van der Waals surface area contributed by atoms with Crippen LogP contribution in [0.4, 0.5) is 0 Å². The lowest BCUT2D eigenvalue weighted by Crippen LogP contribution is -2.47. The molecule has 0 spiro atoms. The van der Waals surface area contributed by atoms with Crippen LogP contribution in [0.1, 0.15) is 24.5 Å². The van der Waals surface area contributed by atoms with Crippen LogP contribution in [0.2, 0.25) is 0 Å². The van der Waals surface area contributed by atoms with Crippen molar-refractivity contribution < 1.29 is 14.9 Å². The molecule has 2 rings (SSSR count). The number of morpholine rings is 1. The van der Waals surface area contributed by atoms with Crippen LogP contribution < -0.4 is 0 Å². The summed E-state index contributed by atoms with van der Waals surface area (Å²) in [5.74, 6) is 6.10. The summed E-state index contributed by atoms with van der Waals surface area (Å²) < 4.78 is 5.67. The van der Waals surface area contributed by atoms with Gasteiger partial charge in [-0.25, -0.2) is 0 Å². The number of rotatable bonds is 4. The number of ether oxygens (including phenoxy) is 1.